The number of carbonyl (C=O) groups excluding carboxylic acids is 5. The van der Waals surface area contributed by atoms with Crippen LogP contribution in [0.15, 0.2) is 171 Å². The summed E-state index contributed by atoms with van der Waals surface area (Å²) < 4.78 is 5.83. The Balaban J connectivity index is 1.15. The first-order valence-electron chi connectivity index (χ1n) is 23.3. The quantitative estimate of drug-likeness (QED) is 0.0725. The van der Waals surface area contributed by atoms with Crippen LogP contribution in [0.3, 0.4) is 0 Å². The number of aryl methyl sites for hydroxylation is 1. The number of carboxylic acid groups (broad SMARTS) is 1. The van der Waals surface area contributed by atoms with Gasteiger partial charge in [-0.25, -0.2) is 4.79 Å². The van der Waals surface area contributed by atoms with Gasteiger partial charge in [0, 0.05) is 48.8 Å². The van der Waals surface area contributed by atoms with Crippen LogP contribution in [0, 0.1) is 0 Å². The highest BCUT2D eigenvalue weighted by atomic mass is 16.5. The lowest BCUT2D eigenvalue weighted by Gasteiger charge is -2.27. The molecule has 2 bridgehead atoms. The lowest BCUT2D eigenvalue weighted by molar-refractivity contribution is -0.142. The number of ether oxygens (including phenoxy) is 1. The number of carboxylic acids is 1. The minimum absolute atomic E-state index is 0.0435. The molecule has 15 nitrogen and oxygen atoms in total. The van der Waals surface area contributed by atoms with Crippen molar-refractivity contribution in [3.63, 3.8) is 0 Å². The summed E-state index contributed by atoms with van der Waals surface area (Å²) in [5, 5.41) is 25.0. The lowest BCUT2D eigenvalue weighted by atomic mass is 9.97. The smallest absolute Gasteiger partial charge is 0.326 e. The SMILES string of the molecule is C=C(c1ccncc1)C1NC(=O)COc2ccc(cc2)CC(C(=O)NC(CCc2ccccc2)C(=O)O)NC(=O)C(Cc2c[nH]c3ccccc23)NC(=O)C(Cc2ccc(-c3ccccc3)cc2)NC1=O. The monoisotopic (exact) mass is 951 g/mol. The molecule has 7 aromatic rings. The van der Waals surface area contributed by atoms with Gasteiger partial charge in [-0.1, -0.05) is 122 Å². The number of hydrogen-bond acceptors (Lipinski definition) is 8. The van der Waals surface area contributed by atoms with Crippen molar-refractivity contribution in [3.8, 4) is 16.9 Å². The number of H-pyrrole nitrogens is 1. The minimum atomic E-state index is -1.39. The van der Waals surface area contributed by atoms with E-state index < -0.39 is 72.3 Å². The molecule has 0 spiro atoms. The fraction of sp³-hybridized carbons (Fsp3) is 0.196. The molecule has 0 saturated carbocycles. The van der Waals surface area contributed by atoms with Crippen LogP contribution in [0.5, 0.6) is 5.75 Å². The summed E-state index contributed by atoms with van der Waals surface area (Å²) in [6, 6.07) is 37.0. The van der Waals surface area contributed by atoms with E-state index in [1.165, 1.54) is 12.4 Å². The van der Waals surface area contributed by atoms with Crippen molar-refractivity contribution < 1.29 is 38.6 Å². The molecule has 5 unspecified atom stereocenters. The summed E-state index contributed by atoms with van der Waals surface area (Å²) in [5.41, 5.74) is 6.22. The molecular formula is C56H53N7O8. The maximum Gasteiger partial charge on any atom is 0.326 e. The fourth-order valence-corrected chi connectivity index (χ4v) is 8.49. The van der Waals surface area contributed by atoms with Gasteiger partial charge in [0.1, 0.15) is 36.0 Å². The lowest BCUT2D eigenvalue weighted by Crippen LogP contribution is -2.60. The molecule has 5 aromatic carbocycles. The number of fused-ring (bicyclic) bond motifs is 17. The first-order valence-corrected chi connectivity index (χ1v) is 23.3. The second-order valence-electron chi connectivity index (χ2n) is 17.3. The Bertz CT molecular complexity index is 3000. The third kappa shape index (κ3) is 12.8. The minimum Gasteiger partial charge on any atom is -0.484 e. The highest BCUT2D eigenvalue weighted by Gasteiger charge is 2.34. The largest absolute Gasteiger partial charge is 0.484 e. The van der Waals surface area contributed by atoms with E-state index in [2.05, 4.69) is 43.1 Å². The molecule has 0 saturated heterocycles. The molecule has 0 aliphatic carbocycles. The number of aromatic amines is 1. The highest BCUT2D eigenvalue weighted by molar-refractivity contribution is 6.01. The third-order valence-corrected chi connectivity index (χ3v) is 12.4. The molecule has 7 N–H and O–H groups in total. The maximum absolute atomic E-state index is 15.0. The van der Waals surface area contributed by atoms with Crippen LogP contribution in [-0.4, -0.2) is 87.4 Å². The molecule has 0 radical (unpaired) electrons. The van der Waals surface area contributed by atoms with Crippen LogP contribution in [0.25, 0.3) is 27.6 Å². The first-order chi connectivity index (χ1) is 34.5. The van der Waals surface area contributed by atoms with Gasteiger partial charge in [-0.05, 0) is 87.7 Å². The Kier molecular flexibility index (Phi) is 15.7. The summed E-state index contributed by atoms with van der Waals surface area (Å²) in [7, 11) is 0. The highest BCUT2D eigenvalue weighted by Crippen LogP contribution is 2.23. The fourth-order valence-electron chi connectivity index (χ4n) is 8.49. The van der Waals surface area contributed by atoms with Crippen LogP contribution >= 0.6 is 0 Å². The zero-order valence-corrected chi connectivity index (χ0v) is 38.7. The molecule has 2 aromatic heterocycles. The van der Waals surface area contributed by atoms with E-state index in [9.17, 15) is 33.9 Å². The van der Waals surface area contributed by atoms with Crippen molar-refractivity contribution >= 4 is 52.0 Å². The van der Waals surface area contributed by atoms with Crippen LogP contribution < -0.4 is 31.3 Å². The number of amides is 5. The molecular weight excluding hydrogens is 899 g/mol. The van der Waals surface area contributed by atoms with Crippen LogP contribution in [0.2, 0.25) is 0 Å². The Morgan fingerprint density at radius 2 is 1.32 bits per heavy atom. The van der Waals surface area contributed by atoms with Crippen molar-refractivity contribution in [2.24, 2.45) is 0 Å². The Labute approximate surface area is 410 Å². The summed E-state index contributed by atoms with van der Waals surface area (Å²) in [6.45, 7) is 3.67. The number of carbonyl (C=O) groups is 6. The Hall–Kier alpha value is -8.85. The molecule has 4 heterocycles. The van der Waals surface area contributed by atoms with Crippen LogP contribution in [-0.2, 0) is 54.5 Å². The van der Waals surface area contributed by atoms with Gasteiger partial charge in [0.05, 0.1) is 0 Å². The van der Waals surface area contributed by atoms with Crippen LogP contribution in [0.1, 0.15) is 34.2 Å². The molecule has 9 rings (SSSR count). The van der Waals surface area contributed by atoms with E-state index in [4.69, 9.17) is 4.74 Å². The Morgan fingerprint density at radius 3 is 2.04 bits per heavy atom. The van der Waals surface area contributed by atoms with Crippen molar-refractivity contribution in [3.05, 3.63) is 199 Å². The molecule has 71 heavy (non-hydrogen) atoms. The topological polar surface area (TPSA) is 221 Å². The molecule has 0 fully saturated rings. The van der Waals surface area contributed by atoms with E-state index >= 15 is 0 Å². The van der Waals surface area contributed by atoms with Gasteiger partial charge in [0.2, 0.25) is 23.6 Å². The van der Waals surface area contributed by atoms with Gasteiger partial charge >= 0.3 is 5.97 Å². The van der Waals surface area contributed by atoms with Gasteiger partial charge in [-0.3, -0.25) is 29.0 Å². The van der Waals surface area contributed by atoms with Gasteiger partial charge < -0.3 is 41.4 Å². The maximum atomic E-state index is 15.0. The normalized spacial score (nSPS) is 18.3. The predicted octanol–water partition coefficient (Wildman–Crippen LogP) is 5.51. The third-order valence-electron chi connectivity index (χ3n) is 12.4. The van der Waals surface area contributed by atoms with Gasteiger partial charge in [0.25, 0.3) is 5.91 Å². The van der Waals surface area contributed by atoms with E-state index in [0.717, 1.165) is 27.6 Å². The van der Waals surface area contributed by atoms with E-state index in [1.54, 1.807) is 42.6 Å². The zero-order chi connectivity index (χ0) is 49.7. The first kappa shape index (κ1) is 48.6. The average Bonchev–Trinajstić information content (AvgIpc) is 3.81. The molecule has 5 amide bonds. The Morgan fingerprint density at radius 1 is 0.690 bits per heavy atom. The number of aromatic nitrogens is 2. The number of para-hydroxylation sites is 1. The second kappa shape index (κ2) is 23.0. The number of benzene rings is 5. The summed E-state index contributed by atoms with van der Waals surface area (Å²) in [4.78, 5) is 92.3. The van der Waals surface area contributed by atoms with Crippen molar-refractivity contribution in [1.29, 1.82) is 0 Å². The summed E-state index contributed by atoms with van der Waals surface area (Å²) in [6.07, 6.45) is 5.03. The number of aliphatic carboxylic acids is 1. The molecule has 2 aliphatic rings. The molecule has 2 aliphatic heterocycles. The van der Waals surface area contributed by atoms with Crippen LogP contribution in [0.4, 0.5) is 0 Å². The molecule has 5 atom stereocenters. The number of hydrogen-bond donors (Lipinski definition) is 7. The van der Waals surface area contributed by atoms with E-state index in [-0.39, 0.29) is 31.3 Å². The molecule has 360 valence electrons. The summed E-state index contributed by atoms with van der Waals surface area (Å²) >= 11 is 0. The number of rotatable bonds is 13. The van der Waals surface area contributed by atoms with Crippen molar-refractivity contribution in [2.75, 3.05) is 6.61 Å². The second-order valence-corrected chi connectivity index (χ2v) is 17.3. The average molecular weight is 952 g/mol. The summed E-state index contributed by atoms with van der Waals surface area (Å²) in [5.74, 6) is -4.63. The zero-order valence-electron chi connectivity index (χ0n) is 38.7. The van der Waals surface area contributed by atoms with E-state index in [0.29, 0.717) is 34.4 Å². The number of nitrogens with zero attached hydrogens (tertiary/aromatic N) is 1. The number of nitrogens with one attached hydrogen (secondary N) is 6. The predicted molar refractivity (Wildman–Crippen MR) is 269 cm³/mol. The van der Waals surface area contributed by atoms with Gasteiger partial charge in [-0.15, -0.1) is 0 Å². The standard InChI is InChI=1S/C56H53N7O8/c1-35(39-26-28-57-29-27-39)51-55(68)62-48(30-37-16-21-41(22-17-37)40-12-6-3-7-13-40)53(66)61-49(32-42-33-58-45-15-9-8-14-44(42)45)54(67)60-47(31-38-18-23-43(24-19-38)71-34-50(64)63-51)52(65)59-46(56(69)70)25-20-36-10-4-2-5-11-36/h2-19,21-24,26-29,33,46-49,51,58H,1,20,25,30-32,34H2,(H,59,65)(H,60,67)(H,61,66)(H,62,68)(H,63,64)(H,69,70). The van der Waals surface area contributed by atoms with Gasteiger partial charge in [0.15, 0.2) is 6.61 Å². The van der Waals surface area contributed by atoms with Crippen molar-refractivity contribution in [1.82, 2.24) is 36.6 Å². The number of pyridine rings is 1. The van der Waals surface area contributed by atoms with Crippen molar-refractivity contribution in [2.45, 2.75) is 62.3 Å². The van der Waals surface area contributed by atoms with E-state index in [1.807, 2.05) is 109 Å². The molecule has 15 heteroatoms. The van der Waals surface area contributed by atoms with Gasteiger partial charge in [-0.2, -0.15) is 0 Å².